The smallest absolute Gasteiger partial charge is 0.274 e. The van der Waals surface area contributed by atoms with Gasteiger partial charge in [-0.05, 0) is 42.5 Å². The van der Waals surface area contributed by atoms with E-state index >= 15 is 0 Å². The number of nitrogens with one attached hydrogen (secondary N) is 2. The molecule has 27 heavy (non-hydrogen) atoms. The van der Waals surface area contributed by atoms with Crippen LogP contribution in [0.2, 0.25) is 5.02 Å². The normalized spacial score (nSPS) is 10.2. The maximum absolute atomic E-state index is 12.5. The summed E-state index contributed by atoms with van der Waals surface area (Å²) in [6.45, 7) is 0. The highest BCUT2D eigenvalue weighted by Crippen LogP contribution is 2.28. The fraction of sp³-hybridized carbons (Fsp3) is 0.105. The predicted molar refractivity (Wildman–Crippen MR) is 104 cm³/mol. The van der Waals surface area contributed by atoms with E-state index in [1.54, 1.807) is 31.4 Å². The monoisotopic (exact) mass is 384 g/mol. The van der Waals surface area contributed by atoms with Crippen LogP contribution < -0.4 is 20.1 Å². The minimum Gasteiger partial charge on any atom is -0.497 e. The number of methoxy groups -OCH3 is 2. The molecule has 3 rings (SSSR count). The lowest BCUT2D eigenvalue weighted by atomic mass is 10.2. The van der Waals surface area contributed by atoms with Gasteiger partial charge in [0.05, 0.1) is 19.9 Å². The zero-order valence-electron chi connectivity index (χ0n) is 14.7. The van der Waals surface area contributed by atoms with Crippen LogP contribution in [0.5, 0.6) is 11.5 Å². The fourth-order valence-electron chi connectivity index (χ4n) is 2.34. The highest BCUT2D eigenvalue weighted by atomic mass is 35.5. The van der Waals surface area contributed by atoms with Crippen LogP contribution in [-0.2, 0) is 0 Å². The summed E-state index contributed by atoms with van der Waals surface area (Å²) in [6, 6.07) is 13.8. The molecule has 0 unspecified atom stereocenters. The van der Waals surface area contributed by atoms with Crippen LogP contribution in [-0.4, -0.2) is 30.1 Å². The molecule has 8 heteroatoms. The van der Waals surface area contributed by atoms with E-state index in [0.29, 0.717) is 22.3 Å². The molecule has 1 amide bonds. The second-order valence-corrected chi connectivity index (χ2v) is 5.88. The molecule has 0 aliphatic carbocycles. The molecule has 0 spiro atoms. The van der Waals surface area contributed by atoms with Crippen LogP contribution in [0.3, 0.4) is 0 Å². The summed E-state index contributed by atoms with van der Waals surface area (Å²) in [5.74, 6) is 1.33. The van der Waals surface area contributed by atoms with Crippen molar-refractivity contribution >= 4 is 34.7 Å². The number of ether oxygens (including phenoxy) is 2. The summed E-state index contributed by atoms with van der Waals surface area (Å²) < 4.78 is 10.4. The van der Waals surface area contributed by atoms with Crippen molar-refractivity contribution in [3.63, 3.8) is 0 Å². The van der Waals surface area contributed by atoms with E-state index in [0.717, 1.165) is 11.4 Å². The number of amides is 1. The summed E-state index contributed by atoms with van der Waals surface area (Å²) in [7, 11) is 3.12. The number of aromatic nitrogens is 2. The van der Waals surface area contributed by atoms with Crippen molar-refractivity contribution in [3.8, 4) is 11.5 Å². The zero-order valence-corrected chi connectivity index (χ0v) is 15.4. The van der Waals surface area contributed by atoms with E-state index in [1.165, 1.54) is 13.4 Å². The summed E-state index contributed by atoms with van der Waals surface area (Å²) in [5.41, 5.74) is 1.46. The third-order valence-corrected chi connectivity index (χ3v) is 3.91. The SMILES string of the molecule is COc1ccc(Nc2cc(C(=O)Nc3cc(Cl)ccc3OC)ncn2)cc1. The first-order valence-electron chi connectivity index (χ1n) is 7.97. The summed E-state index contributed by atoms with van der Waals surface area (Å²) in [5, 5.41) is 6.34. The average Bonchev–Trinajstić information content (AvgIpc) is 2.69. The van der Waals surface area contributed by atoms with Gasteiger partial charge in [-0.3, -0.25) is 4.79 Å². The number of anilines is 3. The molecule has 1 heterocycles. The van der Waals surface area contributed by atoms with Gasteiger partial charge in [0.25, 0.3) is 5.91 Å². The van der Waals surface area contributed by atoms with Crippen LogP contribution in [0.1, 0.15) is 10.5 Å². The zero-order chi connectivity index (χ0) is 19.2. The van der Waals surface area contributed by atoms with Crippen LogP contribution in [0.15, 0.2) is 54.9 Å². The van der Waals surface area contributed by atoms with Crippen molar-refractivity contribution in [3.05, 3.63) is 65.6 Å². The molecule has 0 saturated carbocycles. The molecular weight excluding hydrogens is 368 g/mol. The number of hydrogen-bond donors (Lipinski definition) is 2. The lowest BCUT2D eigenvalue weighted by Crippen LogP contribution is -2.15. The van der Waals surface area contributed by atoms with Gasteiger partial charge in [-0.1, -0.05) is 11.6 Å². The van der Waals surface area contributed by atoms with Crippen LogP contribution in [0, 0.1) is 0 Å². The standard InChI is InChI=1S/C19H17ClN4O3/c1-26-14-6-4-13(5-7-14)23-18-10-16(21-11-22-18)19(25)24-15-9-12(20)3-8-17(15)27-2/h3-11H,1-2H3,(H,24,25)(H,21,22,23). The Kier molecular flexibility index (Phi) is 5.73. The molecule has 2 N–H and O–H groups in total. The first-order chi connectivity index (χ1) is 13.1. The minimum absolute atomic E-state index is 0.197. The highest BCUT2D eigenvalue weighted by molar-refractivity contribution is 6.31. The molecule has 1 aromatic heterocycles. The van der Waals surface area contributed by atoms with Gasteiger partial charge in [0.1, 0.15) is 29.3 Å². The topological polar surface area (TPSA) is 85.4 Å². The molecule has 0 radical (unpaired) electrons. The largest absolute Gasteiger partial charge is 0.497 e. The Bertz CT molecular complexity index is 948. The van der Waals surface area contributed by atoms with Crippen molar-refractivity contribution in [1.29, 1.82) is 0 Å². The van der Waals surface area contributed by atoms with Gasteiger partial charge in [0, 0.05) is 16.8 Å². The van der Waals surface area contributed by atoms with Gasteiger partial charge in [-0.25, -0.2) is 9.97 Å². The Balaban J connectivity index is 1.76. The Morgan fingerprint density at radius 2 is 1.78 bits per heavy atom. The molecule has 138 valence electrons. The highest BCUT2D eigenvalue weighted by Gasteiger charge is 2.13. The average molecular weight is 385 g/mol. The van der Waals surface area contributed by atoms with E-state index in [2.05, 4.69) is 20.6 Å². The van der Waals surface area contributed by atoms with Gasteiger partial charge >= 0.3 is 0 Å². The Labute approximate surface area is 161 Å². The number of carbonyl (C=O) groups is 1. The van der Waals surface area contributed by atoms with Gasteiger partial charge in [0.2, 0.25) is 0 Å². The lowest BCUT2D eigenvalue weighted by molar-refractivity contribution is 0.102. The molecule has 0 atom stereocenters. The van der Waals surface area contributed by atoms with Gasteiger partial charge in [0.15, 0.2) is 0 Å². The van der Waals surface area contributed by atoms with Crippen molar-refractivity contribution in [2.45, 2.75) is 0 Å². The lowest BCUT2D eigenvalue weighted by Gasteiger charge is -2.11. The summed E-state index contributed by atoms with van der Waals surface area (Å²) in [4.78, 5) is 20.7. The third kappa shape index (κ3) is 4.65. The molecule has 3 aromatic rings. The minimum atomic E-state index is -0.407. The fourth-order valence-corrected chi connectivity index (χ4v) is 2.51. The summed E-state index contributed by atoms with van der Waals surface area (Å²) >= 11 is 5.99. The Hall–Kier alpha value is -3.32. The van der Waals surface area contributed by atoms with Gasteiger partial charge in [-0.15, -0.1) is 0 Å². The number of hydrogen-bond acceptors (Lipinski definition) is 6. The maximum atomic E-state index is 12.5. The Morgan fingerprint density at radius 3 is 2.48 bits per heavy atom. The van der Waals surface area contributed by atoms with E-state index in [1.807, 2.05) is 24.3 Å². The second kappa shape index (κ2) is 8.37. The van der Waals surface area contributed by atoms with Crippen molar-refractivity contribution in [2.75, 3.05) is 24.9 Å². The summed E-state index contributed by atoms with van der Waals surface area (Å²) in [6.07, 6.45) is 1.32. The molecular formula is C19H17ClN4O3. The van der Waals surface area contributed by atoms with Crippen molar-refractivity contribution in [2.24, 2.45) is 0 Å². The van der Waals surface area contributed by atoms with E-state index in [-0.39, 0.29) is 5.69 Å². The van der Waals surface area contributed by atoms with Crippen LogP contribution >= 0.6 is 11.6 Å². The molecule has 0 fully saturated rings. The Morgan fingerprint density at radius 1 is 1.00 bits per heavy atom. The molecule has 0 aliphatic rings. The van der Waals surface area contributed by atoms with Gasteiger partial charge < -0.3 is 20.1 Å². The predicted octanol–water partition coefficient (Wildman–Crippen LogP) is 4.14. The first-order valence-corrected chi connectivity index (χ1v) is 8.35. The van der Waals surface area contributed by atoms with Crippen molar-refractivity contribution < 1.29 is 14.3 Å². The molecule has 0 aliphatic heterocycles. The van der Waals surface area contributed by atoms with Crippen molar-refractivity contribution in [1.82, 2.24) is 9.97 Å². The first kappa shape index (κ1) is 18.5. The molecule has 7 nitrogen and oxygen atoms in total. The molecule has 0 saturated heterocycles. The van der Waals surface area contributed by atoms with Crippen LogP contribution in [0.25, 0.3) is 0 Å². The number of carbonyl (C=O) groups excluding carboxylic acids is 1. The second-order valence-electron chi connectivity index (χ2n) is 5.44. The number of nitrogens with zero attached hydrogens (tertiary/aromatic N) is 2. The van der Waals surface area contributed by atoms with Gasteiger partial charge in [-0.2, -0.15) is 0 Å². The number of benzene rings is 2. The molecule has 2 aromatic carbocycles. The third-order valence-electron chi connectivity index (χ3n) is 3.67. The van der Waals surface area contributed by atoms with E-state index in [9.17, 15) is 4.79 Å². The number of rotatable bonds is 6. The quantitative estimate of drug-likeness (QED) is 0.664. The number of halogens is 1. The van der Waals surface area contributed by atoms with E-state index < -0.39 is 5.91 Å². The molecule has 0 bridgehead atoms. The van der Waals surface area contributed by atoms with E-state index in [4.69, 9.17) is 21.1 Å². The van der Waals surface area contributed by atoms with Crippen LogP contribution in [0.4, 0.5) is 17.2 Å². The maximum Gasteiger partial charge on any atom is 0.274 e.